The Kier molecular flexibility index (Phi) is 7.58. The zero-order valence-electron chi connectivity index (χ0n) is 16.8. The molecule has 1 aliphatic heterocycles. The van der Waals surface area contributed by atoms with Gasteiger partial charge in [0.25, 0.3) is 15.6 Å². The molecule has 8 nitrogen and oxygen atoms in total. The summed E-state index contributed by atoms with van der Waals surface area (Å²) in [6.45, 7) is 5.49. The first-order valence-electron chi connectivity index (χ1n) is 9.86. The van der Waals surface area contributed by atoms with Crippen LogP contribution in [0, 0.1) is 0 Å². The van der Waals surface area contributed by atoms with E-state index in [4.69, 9.17) is 4.74 Å². The minimum atomic E-state index is -3.52. The Labute approximate surface area is 175 Å². The van der Waals surface area contributed by atoms with E-state index in [9.17, 15) is 13.2 Å². The molecule has 0 aromatic carbocycles. The van der Waals surface area contributed by atoms with E-state index in [1.54, 1.807) is 22.5 Å². The third kappa shape index (κ3) is 5.52. The van der Waals surface area contributed by atoms with Crippen LogP contribution in [0.25, 0.3) is 10.6 Å². The van der Waals surface area contributed by atoms with Crippen LogP contribution in [0.3, 0.4) is 0 Å². The molecule has 2 aromatic rings. The number of hydrogen-bond acceptors (Lipinski definition) is 7. The maximum atomic E-state index is 13.0. The van der Waals surface area contributed by atoms with E-state index in [1.807, 2.05) is 6.92 Å². The summed E-state index contributed by atoms with van der Waals surface area (Å²) in [7, 11) is -1.42. The zero-order valence-corrected chi connectivity index (χ0v) is 18.5. The van der Waals surface area contributed by atoms with Gasteiger partial charge in [-0.05, 0) is 51.4 Å². The normalized spacial score (nSPS) is 16.5. The van der Waals surface area contributed by atoms with Crippen LogP contribution in [0.15, 0.2) is 33.3 Å². The van der Waals surface area contributed by atoms with Gasteiger partial charge in [-0.15, -0.1) is 11.3 Å². The van der Waals surface area contributed by atoms with Gasteiger partial charge in [-0.2, -0.15) is 9.40 Å². The Balaban J connectivity index is 1.59. The first-order chi connectivity index (χ1) is 13.9. The monoisotopic (exact) mass is 440 g/mol. The fourth-order valence-electron chi connectivity index (χ4n) is 3.47. The van der Waals surface area contributed by atoms with Crippen molar-refractivity contribution < 1.29 is 13.2 Å². The van der Waals surface area contributed by atoms with Crippen molar-refractivity contribution in [3.63, 3.8) is 0 Å². The van der Waals surface area contributed by atoms with Crippen molar-refractivity contribution in [1.82, 2.24) is 19.4 Å². The van der Waals surface area contributed by atoms with Gasteiger partial charge < -0.3 is 9.64 Å². The zero-order chi connectivity index (χ0) is 20.9. The number of thiophene rings is 1. The molecule has 0 bridgehead atoms. The van der Waals surface area contributed by atoms with E-state index in [0.717, 1.165) is 39.0 Å². The third-order valence-electron chi connectivity index (χ3n) is 5.16. The molecule has 2 aromatic heterocycles. The van der Waals surface area contributed by atoms with Gasteiger partial charge in [0.2, 0.25) is 0 Å². The van der Waals surface area contributed by atoms with Gasteiger partial charge in [0.05, 0.1) is 4.88 Å². The summed E-state index contributed by atoms with van der Waals surface area (Å²) in [5.41, 5.74) is 0.271. The van der Waals surface area contributed by atoms with Crippen molar-refractivity contribution in [2.45, 2.75) is 36.4 Å². The molecular weight excluding hydrogens is 412 g/mol. The van der Waals surface area contributed by atoms with Crippen LogP contribution < -0.4 is 5.56 Å². The van der Waals surface area contributed by atoms with Crippen molar-refractivity contribution in [1.29, 1.82) is 0 Å². The van der Waals surface area contributed by atoms with Gasteiger partial charge in [0.15, 0.2) is 0 Å². The molecule has 3 rings (SSSR count). The highest BCUT2D eigenvalue weighted by molar-refractivity contribution is 7.91. The van der Waals surface area contributed by atoms with Crippen molar-refractivity contribution in [3.05, 3.63) is 34.6 Å². The molecule has 1 aliphatic rings. The lowest BCUT2D eigenvalue weighted by molar-refractivity contribution is 0.118. The number of rotatable bonds is 9. The van der Waals surface area contributed by atoms with Crippen molar-refractivity contribution in [3.8, 4) is 10.6 Å². The molecule has 0 amide bonds. The second-order valence-corrected chi connectivity index (χ2v) is 10.3. The number of nitrogens with zero attached hydrogens (tertiary/aromatic N) is 3. The summed E-state index contributed by atoms with van der Waals surface area (Å²) < 4.78 is 33.3. The maximum Gasteiger partial charge on any atom is 0.264 e. The Morgan fingerprint density at radius 3 is 2.69 bits per heavy atom. The molecule has 0 saturated carbocycles. The molecular formula is C19H28N4O4S2. The SMILES string of the molecule is CCOCCCN(C)C1CCN(S(=O)(=O)c2ccc(-c3ccc(=O)[nH]n3)s2)CC1. The minimum absolute atomic E-state index is 0.288. The number of sulfonamides is 1. The summed E-state index contributed by atoms with van der Waals surface area (Å²) in [5.74, 6) is 0. The second kappa shape index (κ2) is 9.94. The van der Waals surface area contributed by atoms with E-state index in [0.29, 0.717) is 33.9 Å². The predicted octanol–water partition coefficient (Wildman–Crippen LogP) is 2.01. The molecule has 3 heterocycles. The summed E-state index contributed by atoms with van der Waals surface area (Å²) in [5, 5.41) is 6.35. The molecule has 1 fully saturated rings. The van der Waals surface area contributed by atoms with E-state index < -0.39 is 10.0 Å². The highest BCUT2D eigenvalue weighted by Crippen LogP contribution is 2.32. The first kappa shape index (κ1) is 22.1. The van der Waals surface area contributed by atoms with Crippen LogP contribution in [-0.4, -0.2) is 73.8 Å². The largest absolute Gasteiger partial charge is 0.382 e. The average molecular weight is 441 g/mol. The molecule has 0 atom stereocenters. The Hall–Kier alpha value is -1.59. The van der Waals surface area contributed by atoms with Crippen LogP contribution in [0.5, 0.6) is 0 Å². The van der Waals surface area contributed by atoms with Crippen LogP contribution in [0.1, 0.15) is 26.2 Å². The van der Waals surface area contributed by atoms with Crippen LogP contribution in [0.2, 0.25) is 0 Å². The number of nitrogens with one attached hydrogen (secondary N) is 1. The summed E-state index contributed by atoms with van der Waals surface area (Å²) in [6, 6.07) is 6.72. The fraction of sp³-hybridized carbons (Fsp3) is 0.579. The molecule has 0 radical (unpaired) electrons. The van der Waals surface area contributed by atoms with E-state index >= 15 is 0 Å². The lowest BCUT2D eigenvalue weighted by Gasteiger charge is -2.36. The van der Waals surface area contributed by atoms with Crippen molar-refractivity contribution in [2.75, 3.05) is 39.9 Å². The van der Waals surface area contributed by atoms with Gasteiger partial charge in [-0.25, -0.2) is 13.5 Å². The smallest absolute Gasteiger partial charge is 0.264 e. The number of aromatic amines is 1. The summed E-state index contributed by atoms with van der Waals surface area (Å²) in [4.78, 5) is 14.2. The highest BCUT2D eigenvalue weighted by atomic mass is 32.2. The van der Waals surface area contributed by atoms with Gasteiger partial charge in [-0.3, -0.25) is 4.79 Å². The van der Waals surface area contributed by atoms with Crippen LogP contribution in [-0.2, 0) is 14.8 Å². The molecule has 0 spiro atoms. The minimum Gasteiger partial charge on any atom is -0.382 e. The number of aromatic nitrogens is 2. The third-order valence-corrected chi connectivity index (χ3v) is 8.63. The van der Waals surface area contributed by atoms with Gasteiger partial charge in [-0.1, -0.05) is 0 Å². The Morgan fingerprint density at radius 2 is 2.03 bits per heavy atom. The lowest BCUT2D eigenvalue weighted by atomic mass is 10.1. The lowest BCUT2D eigenvalue weighted by Crippen LogP contribution is -2.45. The van der Waals surface area contributed by atoms with E-state index in [1.165, 1.54) is 17.4 Å². The molecule has 10 heteroatoms. The van der Waals surface area contributed by atoms with Gasteiger partial charge >= 0.3 is 0 Å². The molecule has 0 aliphatic carbocycles. The number of hydrogen-bond donors (Lipinski definition) is 1. The van der Waals surface area contributed by atoms with Gasteiger partial charge in [0.1, 0.15) is 9.90 Å². The summed E-state index contributed by atoms with van der Waals surface area (Å²) >= 11 is 1.18. The molecule has 29 heavy (non-hydrogen) atoms. The molecule has 1 saturated heterocycles. The van der Waals surface area contributed by atoms with Crippen LogP contribution >= 0.6 is 11.3 Å². The second-order valence-electron chi connectivity index (χ2n) is 7.09. The number of H-pyrrole nitrogens is 1. The van der Waals surface area contributed by atoms with Crippen molar-refractivity contribution >= 4 is 21.4 Å². The first-order valence-corrected chi connectivity index (χ1v) is 12.1. The topological polar surface area (TPSA) is 95.6 Å². The quantitative estimate of drug-likeness (QED) is 0.600. The molecule has 160 valence electrons. The molecule has 0 unspecified atom stereocenters. The fourth-order valence-corrected chi connectivity index (χ4v) is 6.37. The molecule has 1 N–H and O–H groups in total. The standard InChI is InChI=1S/C19H28N4O4S2/c1-3-27-14-4-11-22(2)15-9-12-23(13-10-15)29(25,26)19-8-6-17(28-19)16-5-7-18(24)21-20-16/h5-8,15H,3-4,9-14H2,1-2H3,(H,21,24). The van der Waals surface area contributed by atoms with E-state index in [-0.39, 0.29) is 5.56 Å². The number of piperidine rings is 1. The van der Waals surface area contributed by atoms with Crippen molar-refractivity contribution in [2.24, 2.45) is 0 Å². The van der Waals surface area contributed by atoms with Crippen LogP contribution in [0.4, 0.5) is 0 Å². The van der Waals surface area contributed by atoms with E-state index in [2.05, 4.69) is 22.1 Å². The predicted molar refractivity (Wildman–Crippen MR) is 114 cm³/mol. The average Bonchev–Trinajstić information content (AvgIpc) is 3.23. The van der Waals surface area contributed by atoms with Gasteiger partial charge in [0, 0.05) is 45.0 Å². The summed E-state index contributed by atoms with van der Waals surface area (Å²) in [6.07, 6.45) is 2.63. The Bertz CT molecular complexity index is 929. The number of ether oxygens (including phenoxy) is 1. The maximum absolute atomic E-state index is 13.0. The highest BCUT2D eigenvalue weighted by Gasteiger charge is 2.31. The Morgan fingerprint density at radius 1 is 1.28 bits per heavy atom.